The van der Waals surface area contributed by atoms with Crippen molar-refractivity contribution in [3.05, 3.63) is 106 Å². The van der Waals surface area contributed by atoms with E-state index >= 15 is 0 Å². The molecular weight excluding hydrogens is 425 g/mol. The van der Waals surface area contributed by atoms with E-state index in [2.05, 4.69) is 4.72 Å². The van der Waals surface area contributed by atoms with Gasteiger partial charge < -0.3 is 0 Å². The van der Waals surface area contributed by atoms with Gasteiger partial charge in [0.1, 0.15) is 0 Å². The fraction of sp³-hybridized carbons (Fsp3) is 0.130. The fourth-order valence-electron chi connectivity index (χ4n) is 2.87. The van der Waals surface area contributed by atoms with E-state index in [0.29, 0.717) is 23.0 Å². The quantitative estimate of drug-likeness (QED) is 0.446. The molecule has 0 atom stereocenters. The average Bonchev–Trinajstić information content (AvgIpc) is 2.70. The Morgan fingerprint density at radius 2 is 1.31 bits per heavy atom. The number of halogens is 2. The van der Waals surface area contributed by atoms with Crippen molar-refractivity contribution in [3.63, 3.8) is 0 Å². The molecule has 0 saturated carbocycles. The van der Waals surface area contributed by atoms with Crippen molar-refractivity contribution >= 4 is 38.8 Å². The largest absolute Gasteiger partial charge is 0.240 e. The SMILES string of the molecule is Cc1ccc(S(=O)(=O)NCCC=C(c2ccc(Cl)cc2)c2ccc(Cl)cc2)cc1. The highest BCUT2D eigenvalue weighted by atomic mass is 35.5. The van der Waals surface area contributed by atoms with E-state index in [4.69, 9.17) is 23.2 Å². The van der Waals surface area contributed by atoms with E-state index in [9.17, 15) is 8.42 Å². The third-order valence-corrected chi connectivity index (χ3v) is 6.41. The molecule has 0 aliphatic rings. The average molecular weight is 446 g/mol. The van der Waals surface area contributed by atoms with Gasteiger partial charge in [0.15, 0.2) is 0 Å². The lowest BCUT2D eigenvalue weighted by Gasteiger charge is -2.10. The van der Waals surface area contributed by atoms with Crippen LogP contribution in [0.1, 0.15) is 23.1 Å². The normalized spacial score (nSPS) is 11.3. The molecule has 1 N–H and O–H groups in total. The molecule has 3 aromatic carbocycles. The number of hydrogen-bond acceptors (Lipinski definition) is 2. The van der Waals surface area contributed by atoms with Crippen LogP contribution >= 0.6 is 23.2 Å². The number of benzene rings is 3. The van der Waals surface area contributed by atoms with Gasteiger partial charge >= 0.3 is 0 Å². The van der Waals surface area contributed by atoms with Crippen molar-refractivity contribution in [1.82, 2.24) is 4.72 Å². The van der Waals surface area contributed by atoms with Gasteiger partial charge in [-0.25, -0.2) is 13.1 Å². The van der Waals surface area contributed by atoms with Crippen LogP contribution in [0.3, 0.4) is 0 Å². The third kappa shape index (κ3) is 5.94. The van der Waals surface area contributed by atoms with Gasteiger partial charge in [0.25, 0.3) is 0 Å². The summed E-state index contributed by atoms with van der Waals surface area (Å²) in [6, 6.07) is 21.9. The van der Waals surface area contributed by atoms with Crippen LogP contribution in [-0.4, -0.2) is 15.0 Å². The molecule has 0 saturated heterocycles. The molecule has 0 aliphatic carbocycles. The Kier molecular flexibility index (Phi) is 7.14. The lowest BCUT2D eigenvalue weighted by atomic mass is 9.97. The Labute approximate surface area is 182 Å². The molecule has 0 aliphatic heterocycles. The zero-order chi connectivity index (χ0) is 20.9. The van der Waals surface area contributed by atoms with E-state index in [-0.39, 0.29) is 4.90 Å². The monoisotopic (exact) mass is 445 g/mol. The lowest BCUT2D eigenvalue weighted by Crippen LogP contribution is -2.24. The van der Waals surface area contributed by atoms with Crippen LogP contribution in [0.15, 0.2) is 83.8 Å². The number of hydrogen-bond donors (Lipinski definition) is 1. The summed E-state index contributed by atoms with van der Waals surface area (Å²) in [7, 11) is -3.53. The molecule has 0 radical (unpaired) electrons. The van der Waals surface area contributed by atoms with Crippen molar-refractivity contribution in [1.29, 1.82) is 0 Å². The highest BCUT2D eigenvalue weighted by molar-refractivity contribution is 7.89. The van der Waals surface area contributed by atoms with Gasteiger partial charge in [-0.2, -0.15) is 0 Å². The molecule has 29 heavy (non-hydrogen) atoms. The molecule has 0 spiro atoms. The van der Waals surface area contributed by atoms with E-state index in [1.165, 1.54) is 0 Å². The number of nitrogens with one attached hydrogen (secondary N) is 1. The predicted molar refractivity (Wildman–Crippen MR) is 121 cm³/mol. The topological polar surface area (TPSA) is 46.2 Å². The fourth-order valence-corrected chi connectivity index (χ4v) is 4.17. The van der Waals surface area contributed by atoms with E-state index < -0.39 is 10.0 Å². The van der Waals surface area contributed by atoms with Gasteiger partial charge in [-0.15, -0.1) is 0 Å². The Balaban J connectivity index is 1.77. The van der Waals surface area contributed by atoms with Crippen LogP contribution in [-0.2, 0) is 10.0 Å². The first kappa shape index (κ1) is 21.6. The maximum atomic E-state index is 12.4. The van der Waals surface area contributed by atoms with Crippen molar-refractivity contribution < 1.29 is 8.42 Å². The summed E-state index contributed by atoms with van der Waals surface area (Å²) in [6.07, 6.45) is 2.55. The Morgan fingerprint density at radius 3 is 1.79 bits per heavy atom. The number of rotatable bonds is 7. The minimum absolute atomic E-state index is 0.266. The summed E-state index contributed by atoms with van der Waals surface area (Å²) in [5.74, 6) is 0. The van der Waals surface area contributed by atoms with Crippen LogP contribution in [0.5, 0.6) is 0 Å². The minimum Gasteiger partial charge on any atom is -0.211 e. The predicted octanol–water partition coefficient (Wildman–Crippen LogP) is 6.10. The van der Waals surface area contributed by atoms with Gasteiger partial charge in [-0.3, -0.25) is 0 Å². The van der Waals surface area contributed by atoms with Crippen LogP contribution in [0.25, 0.3) is 5.57 Å². The molecule has 0 heterocycles. The molecule has 150 valence electrons. The van der Waals surface area contributed by atoms with Crippen LogP contribution in [0.2, 0.25) is 10.0 Å². The molecule has 0 aromatic heterocycles. The zero-order valence-corrected chi connectivity index (χ0v) is 18.2. The van der Waals surface area contributed by atoms with Gasteiger partial charge in [0.05, 0.1) is 4.90 Å². The molecule has 3 rings (SSSR count). The molecular formula is C23H21Cl2NO2S. The molecule has 0 unspecified atom stereocenters. The number of sulfonamides is 1. The second-order valence-corrected chi connectivity index (χ2v) is 9.27. The smallest absolute Gasteiger partial charge is 0.211 e. The second-order valence-electron chi connectivity index (χ2n) is 6.63. The summed E-state index contributed by atoms with van der Waals surface area (Å²) >= 11 is 12.0. The summed E-state index contributed by atoms with van der Waals surface area (Å²) in [5.41, 5.74) is 4.01. The molecule has 6 heteroatoms. The van der Waals surface area contributed by atoms with Crippen LogP contribution in [0, 0.1) is 6.92 Å². The molecule has 0 amide bonds. The van der Waals surface area contributed by atoms with Crippen molar-refractivity contribution in [2.24, 2.45) is 0 Å². The first-order valence-electron chi connectivity index (χ1n) is 9.13. The summed E-state index contributed by atoms with van der Waals surface area (Å²) < 4.78 is 27.5. The summed E-state index contributed by atoms with van der Waals surface area (Å²) in [5, 5.41) is 1.32. The maximum Gasteiger partial charge on any atom is 0.240 e. The molecule has 0 fully saturated rings. The Morgan fingerprint density at radius 1 is 0.828 bits per heavy atom. The molecule has 3 aromatic rings. The Hall–Kier alpha value is -2.11. The highest BCUT2D eigenvalue weighted by Gasteiger charge is 2.12. The highest BCUT2D eigenvalue weighted by Crippen LogP contribution is 2.26. The third-order valence-electron chi connectivity index (χ3n) is 4.43. The van der Waals surface area contributed by atoms with Crippen molar-refractivity contribution in [2.45, 2.75) is 18.2 Å². The van der Waals surface area contributed by atoms with Gasteiger partial charge in [0, 0.05) is 16.6 Å². The van der Waals surface area contributed by atoms with E-state index in [1.807, 2.05) is 61.5 Å². The van der Waals surface area contributed by atoms with Crippen LogP contribution < -0.4 is 4.72 Å². The van der Waals surface area contributed by atoms with Crippen LogP contribution in [0.4, 0.5) is 0 Å². The van der Waals surface area contributed by atoms with E-state index in [0.717, 1.165) is 22.3 Å². The molecule has 3 nitrogen and oxygen atoms in total. The second kappa shape index (κ2) is 9.59. The summed E-state index contributed by atoms with van der Waals surface area (Å²) in [4.78, 5) is 0.266. The number of aryl methyl sites for hydroxylation is 1. The van der Waals surface area contributed by atoms with E-state index in [1.54, 1.807) is 24.3 Å². The van der Waals surface area contributed by atoms with Gasteiger partial charge in [0.2, 0.25) is 10.0 Å². The van der Waals surface area contributed by atoms with Gasteiger partial charge in [-0.1, -0.05) is 71.2 Å². The van der Waals surface area contributed by atoms with Gasteiger partial charge in [-0.05, 0) is 66.4 Å². The maximum absolute atomic E-state index is 12.4. The van der Waals surface area contributed by atoms with Crippen molar-refractivity contribution in [2.75, 3.05) is 6.54 Å². The summed E-state index contributed by atoms with van der Waals surface area (Å²) in [6.45, 7) is 2.21. The minimum atomic E-state index is -3.53. The first-order valence-corrected chi connectivity index (χ1v) is 11.4. The lowest BCUT2D eigenvalue weighted by molar-refractivity contribution is 0.582. The molecule has 0 bridgehead atoms. The Bertz CT molecular complexity index is 1040. The standard InChI is InChI=1S/C23H21Cl2NO2S/c1-17-4-14-22(15-5-17)29(27,28)26-16-2-3-23(18-6-10-20(24)11-7-18)19-8-12-21(25)13-9-19/h3-15,26H,2,16H2,1H3. The zero-order valence-electron chi connectivity index (χ0n) is 15.9. The van der Waals surface area contributed by atoms with Crippen molar-refractivity contribution in [3.8, 4) is 0 Å². The first-order chi connectivity index (χ1) is 13.8.